The molecule has 0 atom stereocenters. The Balaban J connectivity index is 2.74. The Morgan fingerprint density at radius 2 is 1.82 bits per heavy atom. The molecule has 2 rings (SSSR count). The van der Waals surface area contributed by atoms with Crippen molar-refractivity contribution in [3.63, 3.8) is 0 Å². The minimum atomic E-state index is -1.40. The Bertz CT molecular complexity index is 357. The van der Waals surface area contributed by atoms with Crippen LogP contribution in [-0.2, 0) is 0 Å². The third kappa shape index (κ3) is 0.752. The van der Waals surface area contributed by atoms with Crippen LogP contribution < -0.4 is 5.46 Å². The molecule has 0 aliphatic carbocycles. The van der Waals surface area contributed by atoms with E-state index in [0.29, 0.717) is 5.46 Å². The zero-order valence-electron chi connectivity index (χ0n) is 5.37. The predicted octanol–water partition coefficient (Wildman–Crippen LogP) is 0.597. The van der Waals surface area contributed by atoms with Crippen LogP contribution in [0.3, 0.4) is 0 Å². The van der Waals surface area contributed by atoms with E-state index in [1.54, 1.807) is 0 Å². The molecule has 0 nitrogen and oxygen atoms in total. The molecule has 0 bridgehead atoms. The fraction of sp³-hybridized carbons (Fsp3) is 0. The third-order valence-electron chi connectivity index (χ3n) is 1.66. The van der Waals surface area contributed by atoms with Crippen LogP contribution in [0.5, 0.6) is 0 Å². The molecule has 0 unspecified atom stereocenters. The van der Waals surface area contributed by atoms with Crippen molar-refractivity contribution in [2.24, 2.45) is 0 Å². The molecule has 1 aromatic rings. The van der Waals surface area contributed by atoms with Gasteiger partial charge in [-0.05, 0) is 0 Å². The molecule has 11 heavy (non-hydrogen) atoms. The summed E-state index contributed by atoms with van der Waals surface area (Å²) in [6.07, 6.45) is 0. The number of benzene rings is 1. The molecular weight excluding hydrogens is 152 g/mol. The van der Waals surface area contributed by atoms with Crippen LogP contribution in [0.2, 0.25) is 0 Å². The van der Waals surface area contributed by atoms with E-state index in [4.69, 9.17) is 0 Å². The first-order valence-electron chi connectivity index (χ1n) is 3.05. The van der Waals surface area contributed by atoms with Gasteiger partial charge >= 0.3 is 60.6 Å². The van der Waals surface area contributed by atoms with E-state index in [1.165, 1.54) is 12.9 Å². The van der Waals surface area contributed by atoms with Gasteiger partial charge in [0.1, 0.15) is 0 Å². The number of rotatable bonds is 0. The average Bonchev–Trinajstić information content (AvgIpc) is 1.93. The Morgan fingerprint density at radius 3 is 2.36 bits per heavy atom. The van der Waals surface area contributed by atoms with E-state index >= 15 is 0 Å². The Labute approximate surface area is 61.6 Å². The second-order valence-corrected chi connectivity index (χ2v) is 2.32. The van der Waals surface area contributed by atoms with Gasteiger partial charge in [-0.15, -0.1) is 0 Å². The number of fused-ring (bicyclic) bond motifs is 1. The molecule has 0 saturated heterocycles. The van der Waals surface area contributed by atoms with Gasteiger partial charge in [-0.1, -0.05) is 0 Å². The van der Waals surface area contributed by atoms with Crippen LogP contribution in [-0.4, -0.2) is 12.9 Å². The molecular formula is C7H2BF3. The van der Waals surface area contributed by atoms with Crippen molar-refractivity contribution in [2.45, 2.75) is 0 Å². The monoisotopic (exact) mass is 154 g/mol. The van der Waals surface area contributed by atoms with E-state index in [0.717, 1.165) is 6.07 Å². The van der Waals surface area contributed by atoms with Crippen molar-refractivity contribution in [1.29, 1.82) is 0 Å². The molecule has 1 aromatic carbocycles. The van der Waals surface area contributed by atoms with Gasteiger partial charge in [-0.2, -0.15) is 0 Å². The zero-order valence-corrected chi connectivity index (χ0v) is 5.37. The predicted molar refractivity (Wildman–Crippen MR) is 36.9 cm³/mol. The van der Waals surface area contributed by atoms with E-state index < -0.39 is 17.5 Å². The average molecular weight is 154 g/mol. The minimum absolute atomic E-state index is 0.156. The maximum absolute atomic E-state index is 12.6. The summed E-state index contributed by atoms with van der Waals surface area (Å²) < 4.78 is 37.5. The Hall–Kier alpha value is -1.06. The number of halogens is 3. The fourth-order valence-electron chi connectivity index (χ4n) is 1.01. The molecule has 0 fully saturated rings. The van der Waals surface area contributed by atoms with Crippen molar-refractivity contribution < 1.29 is 13.2 Å². The molecule has 1 aliphatic heterocycles. The van der Waals surface area contributed by atoms with Gasteiger partial charge in [-0.3, -0.25) is 0 Å². The molecule has 4 heteroatoms. The van der Waals surface area contributed by atoms with Gasteiger partial charge < -0.3 is 0 Å². The molecule has 1 heterocycles. The van der Waals surface area contributed by atoms with Gasteiger partial charge in [0.2, 0.25) is 0 Å². The third-order valence-corrected chi connectivity index (χ3v) is 1.66. The number of hydrogen-bond acceptors (Lipinski definition) is 0. The summed E-state index contributed by atoms with van der Waals surface area (Å²) >= 11 is 0. The topological polar surface area (TPSA) is 0 Å². The first kappa shape index (κ1) is 6.64. The van der Waals surface area contributed by atoms with Crippen LogP contribution in [0.4, 0.5) is 13.2 Å². The van der Waals surface area contributed by atoms with Crippen molar-refractivity contribution in [3.05, 3.63) is 29.1 Å². The van der Waals surface area contributed by atoms with Crippen LogP contribution in [0.1, 0.15) is 5.56 Å². The molecule has 54 valence electrons. The van der Waals surface area contributed by atoms with Crippen molar-refractivity contribution in [2.75, 3.05) is 0 Å². The molecule has 1 aliphatic rings. The summed E-state index contributed by atoms with van der Waals surface area (Å²) in [7, 11) is 0. The summed E-state index contributed by atoms with van der Waals surface area (Å²) in [5, 5.41) is 0. The van der Waals surface area contributed by atoms with Crippen molar-refractivity contribution in [3.8, 4) is 0 Å². The van der Waals surface area contributed by atoms with Gasteiger partial charge in [0.25, 0.3) is 0 Å². The van der Waals surface area contributed by atoms with Gasteiger partial charge in [0.15, 0.2) is 0 Å². The summed E-state index contributed by atoms with van der Waals surface area (Å²) in [6, 6.07) is 0.980. The standard InChI is InChI=1S/C7H2BF3/c9-5-1-4-3(2-8-4)6(10)7(5)11/h1-2H. The first-order valence-corrected chi connectivity index (χ1v) is 3.05. The van der Waals surface area contributed by atoms with E-state index in [-0.39, 0.29) is 5.56 Å². The molecule has 0 radical (unpaired) electrons. The molecule has 0 spiro atoms. The van der Waals surface area contributed by atoms with E-state index in [1.807, 2.05) is 0 Å². The summed E-state index contributed by atoms with van der Waals surface area (Å²) in [4.78, 5) is 0. The van der Waals surface area contributed by atoms with Crippen LogP contribution in [0.25, 0.3) is 0 Å². The summed E-state index contributed by atoms with van der Waals surface area (Å²) in [5.74, 6) is -2.21. The first-order chi connectivity index (χ1) is 5.20. The Morgan fingerprint density at radius 1 is 1.09 bits per heavy atom. The molecule has 0 N–H and O–H groups in total. The summed E-state index contributed by atoms with van der Waals surface area (Å²) in [5.41, 5.74) is 0.574. The van der Waals surface area contributed by atoms with Crippen LogP contribution in [0.15, 0.2) is 6.07 Å². The van der Waals surface area contributed by atoms with E-state index in [9.17, 15) is 13.2 Å². The Kier molecular flexibility index (Phi) is 1.19. The second-order valence-electron chi connectivity index (χ2n) is 2.32. The van der Waals surface area contributed by atoms with Crippen molar-refractivity contribution >= 4 is 18.4 Å². The summed E-state index contributed by atoms with van der Waals surface area (Å²) in [6.45, 7) is 1.53. The van der Waals surface area contributed by atoms with Gasteiger partial charge in [0.05, 0.1) is 0 Å². The van der Waals surface area contributed by atoms with Gasteiger partial charge in [-0.25, -0.2) is 0 Å². The normalized spacial score (nSPS) is 11.9. The van der Waals surface area contributed by atoms with Gasteiger partial charge in [0, 0.05) is 0 Å². The SMILES string of the molecule is Fc1cc2c(c(F)c1F)C=B2. The second kappa shape index (κ2) is 1.97. The molecule has 0 saturated carbocycles. The van der Waals surface area contributed by atoms with Crippen molar-refractivity contribution in [1.82, 2.24) is 0 Å². The maximum atomic E-state index is 12.6. The number of hydrogen-bond donors (Lipinski definition) is 0. The quantitative estimate of drug-likeness (QED) is 0.385. The molecule has 0 aromatic heterocycles. The van der Waals surface area contributed by atoms with E-state index in [2.05, 4.69) is 0 Å². The van der Waals surface area contributed by atoms with Crippen LogP contribution >= 0.6 is 0 Å². The molecule has 0 amide bonds. The zero-order chi connectivity index (χ0) is 8.01. The fourth-order valence-corrected chi connectivity index (χ4v) is 1.01. The van der Waals surface area contributed by atoms with Crippen LogP contribution in [0, 0.1) is 17.5 Å².